The second kappa shape index (κ2) is 15.8. The van der Waals surface area contributed by atoms with Gasteiger partial charge in [0.25, 0.3) is 5.91 Å². The maximum atomic E-state index is 13.7. The zero-order chi connectivity index (χ0) is 38.3. The fourth-order valence-corrected chi connectivity index (χ4v) is 8.99. The first-order valence-electron chi connectivity index (χ1n) is 19.4. The molecule has 286 valence electrons. The Morgan fingerprint density at radius 2 is 1.54 bits per heavy atom. The average Bonchev–Trinajstić information content (AvgIpc) is 3.68. The molecule has 1 saturated carbocycles. The summed E-state index contributed by atoms with van der Waals surface area (Å²) >= 11 is 7.03. The predicted molar refractivity (Wildman–Crippen MR) is 210 cm³/mol. The van der Waals surface area contributed by atoms with Crippen LogP contribution in [0.2, 0.25) is 5.02 Å². The number of rotatable bonds is 11. The minimum atomic E-state index is -0.662. The number of aromatic nitrogens is 4. The summed E-state index contributed by atoms with van der Waals surface area (Å²) < 4.78 is 3.88. The Labute approximate surface area is 322 Å². The van der Waals surface area contributed by atoms with Gasteiger partial charge in [-0.05, 0) is 88.1 Å². The summed E-state index contributed by atoms with van der Waals surface area (Å²) in [5.74, 6) is 0.221. The molecule has 11 nitrogen and oxygen atoms in total. The lowest BCUT2D eigenvalue weighted by Crippen LogP contribution is -2.36. The van der Waals surface area contributed by atoms with Crippen molar-refractivity contribution in [1.82, 2.24) is 28.9 Å². The lowest BCUT2D eigenvalue weighted by molar-refractivity contribution is -0.143. The number of amides is 1. The summed E-state index contributed by atoms with van der Waals surface area (Å²) in [4.78, 5) is 53.1. The van der Waals surface area contributed by atoms with Crippen LogP contribution in [0.1, 0.15) is 101 Å². The molecule has 2 N–H and O–H groups in total. The molecule has 54 heavy (non-hydrogen) atoms. The van der Waals surface area contributed by atoms with E-state index < -0.39 is 5.97 Å². The van der Waals surface area contributed by atoms with Gasteiger partial charge in [-0.1, -0.05) is 41.9 Å². The summed E-state index contributed by atoms with van der Waals surface area (Å²) in [5.41, 5.74) is 8.16. The Morgan fingerprint density at radius 3 is 2.26 bits per heavy atom. The number of imidazole rings is 2. The maximum absolute atomic E-state index is 13.7. The van der Waals surface area contributed by atoms with Crippen molar-refractivity contribution < 1.29 is 19.5 Å². The number of fused-ring (bicyclic) bond motifs is 2. The van der Waals surface area contributed by atoms with E-state index in [9.17, 15) is 19.5 Å². The van der Waals surface area contributed by atoms with Crippen LogP contribution >= 0.6 is 11.6 Å². The molecule has 1 fully saturated rings. The Bertz CT molecular complexity index is 2080. The van der Waals surface area contributed by atoms with Crippen LogP contribution in [0.4, 0.5) is 5.69 Å². The average molecular weight is 754 g/mol. The zero-order valence-electron chi connectivity index (χ0n) is 32.1. The molecule has 0 atom stereocenters. The lowest BCUT2D eigenvalue weighted by Gasteiger charge is -2.30. The topological polar surface area (TPSA) is 126 Å². The molecule has 0 bridgehead atoms. The minimum absolute atomic E-state index is 0.0175. The maximum Gasteiger partial charge on any atom is 0.306 e. The van der Waals surface area contributed by atoms with E-state index in [4.69, 9.17) is 21.6 Å². The third-order valence-corrected chi connectivity index (χ3v) is 12.6. The van der Waals surface area contributed by atoms with Crippen molar-refractivity contribution in [3.63, 3.8) is 0 Å². The number of carboxylic acids is 1. The number of anilines is 1. The van der Waals surface area contributed by atoms with Gasteiger partial charge < -0.3 is 19.6 Å². The van der Waals surface area contributed by atoms with Crippen LogP contribution in [-0.4, -0.2) is 77.3 Å². The van der Waals surface area contributed by atoms with Crippen molar-refractivity contribution in [1.29, 1.82) is 0 Å². The van der Waals surface area contributed by atoms with Crippen molar-refractivity contribution in [3.8, 4) is 11.1 Å². The van der Waals surface area contributed by atoms with Crippen LogP contribution in [0, 0.1) is 18.8 Å². The number of hydrogen-bond donors (Lipinski definition) is 2. The Hall–Kier alpha value is -4.32. The fourth-order valence-electron chi connectivity index (χ4n) is 8.71. The highest BCUT2D eigenvalue weighted by atomic mass is 35.5. The molecule has 2 aromatic carbocycles. The SMILES string of the molecule is Cc1c(CC(=O)c2nc3c(n2C)CCN(C(C)C)C3)cccc1-c1cccc(NC(=O)c2nc3c(n2C)CCN(CCC2CCC(C(=O)O)CC2)C3)c1Cl. The van der Waals surface area contributed by atoms with E-state index in [2.05, 4.69) is 29.0 Å². The number of ketones is 1. The molecule has 2 aliphatic heterocycles. The highest BCUT2D eigenvalue weighted by Crippen LogP contribution is 2.37. The molecule has 7 rings (SSSR count). The molecule has 0 unspecified atom stereocenters. The lowest BCUT2D eigenvalue weighted by atomic mass is 9.80. The van der Waals surface area contributed by atoms with E-state index in [0.717, 1.165) is 116 Å². The molecule has 4 aromatic rings. The third-order valence-electron chi connectivity index (χ3n) is 12.2. The van der Waals surface area contributed by atoms with Gasteiger partial charge in [-0.2, -0.15) is 0 Å². The summed E-state index contributed by atoms with van der Waals surface area (Å²) in [5, 5.41) is 12.8. The number of carbonyl (C=O) groups excluding carboxylic acids is 2. The van der Waals surface area contributed by atoms with Gasteiger partial charge in [0.15, 0.2) is 11.6 Å². The number of carbonyl (C=O) groups is 3. The standard InChI is InChI=1S/C42H52ClN7O4/c1-25(2)50-21-18-36-34(24-50)44-39(47(36)4)37(51)22-29-8-6-9-30(26(29)3)31-10-7-11-32(38(31)43)46-41(52)40-45-33-23-49(20-17-35(33)48(40)5)19-16-27-12-14-28(15-13-27)42(53)54/h6-11,25,27-28H,12-24H2,1-5H3,(H,46,52)(H,53,54). The minimum Gasteiger partial charge on any atom is -0.481 e. The second-order valence-corrected chi connectivity index (χ2v) is 16.1. The number of aliphatic carboxylic acids is 1. The first-order valence-corrected chi connectivity index (χ1v) is 19.8. The molecule has 2 aromatic heterocycles. The molecular weight excluding hydrogens is 702 g/mol. The van der Waals surface area contributed by atoms with Gasteiger partial charge in [-0.25, -0.2) is 9.97 Å². The molecule has 1 amide bonds. The first kappa shape index (κ1) is 38.0. The monoisotopic (exact) mass is 753 g/mol. The molecule has 1 aliphatic carbocycles. The highest BCUT2D eigenvalue weighted by molar-refractivity contribution is 6.36. The van der Waals surface area contributed by atoms with E-state index in [1.54, 1.807) is 6.07 Å². The molecular formula is C42H52ClN7O4. The molecule has 0 radical (unpaired) electrons. The van der Waals surface area contributed by atoms with Crippen molar-refractivity contribution in [2.24, 2.45) is 25.9 Å². The van der Waals surface area contributed by atoms with E-state index in [0.29, 0.717) is 40.9 Å². The number of nitrogens with one attached hydrogen (secondary N) is 1. The molecule has 0 spiro atoms. The van der Waals surface area contributed by atoms with Crippen molar-refractivity contribution in [2.75, 3.05) is 25.0 Å². The number of halogens is 1. The number of benzene rings is 2. The van der Waals surface area contributed by atoms with Crippen molar-refractivity contribution >= 4 is 34.9 Å². The van der Waals surface area contributed by atoms with Crippen LogP contribution in [0.25, 0.3) is 11.1 Å². The molecule has 4 heterocycles. The fraction of sp³-hybridized carbons (Fsp3) is 0.500. The smallest absolute Gasteiger partial charge is 0.306 e. The van der Waals surface area contributed by atoms with Gasteiger partial charge in [0, 0.05) is 82.5 Å². The highest BCUT2D eigenvalue weighted by Gasteiger charge is 2.30. The van der Waals surface area contributed by atoms with Crippen LogP contribution in [0.5, 0.6) is 0 Å². The number of hydrogen-bond acceptors (Lipinski definition) is 7. The summed E-state index contributed by atoms with van der Waals surface area (Å²) in [6.45, 7) is 10.6. The Morgan fingerprint density at radius 1 is 0.889 bits per heavy atom. The van der Waals surface area contributed by atoms with Crippen LogP contribution in [-0.2, 0) is 51.2 Å². The van der Waals surface area contributed by atoms with E-state index in [1.807, 2.05) is 60.5 Å². The van der Waals surface area contributed by atoms with Gasteiger partial charge >= 0.3 is 5.97 Å². The number of carboxylic acid groups (broad SMARTS) is 1. The zero-order valence-corrected chi connectivity index (χ0v) is 32.9. The van der Waals surface area contributed by atoms with Crippen LogP contribution in [0.15, 0.2) is 36.4 Å². The second-order valence-electron chi connectivity index (χ2n) is 15.8. The Kier molecular flexibility index (Phi) is 11.1. The quantitative estimate of drug-likeness (QED) is 0.159. The molecule has 3 aliphatic rings. The summed E-state index contributed by atoms with van der Waals surface area (Å²) in [6.07, 6.45) is 6.47. The van der Waals surface area contributed by atoms with E-state index in [1.165, 1.54) is 0 Å². The van der Waals surface area contributed by atoms with Gasteiger partial charge in [0.1, 0.15) is 0 Å². The van der Waals surface area contributed by atoms with E-state index >= 15 is 0 Å². The predicted octanol–water partition coefficient (Wildman–Crippen LogP) is 6.87. The van der Waals surface area contributed by atoms with Gasteiger partial charge in [0.2, 0.25) is 5.78 Å². The summed E-state index contributed by atoms with van der Waals surface area (Å²) in [6, 6.07) is 12.0. The summed E-state index contributed by atoms with van der Waals surface area (Å²) in [7, 11) is 3.84. The first-order chi connectivity index (χ1) is 25.9. The number of Topliss-reactive ketones (excluding diaryl/α,β-unsaturated/α-hetero) is 1. The van der Waals surface area contributed by atoms with Crippen LogP contribution < -0.4 is 5.32 Å². The molecule has 0 saturated heterocycles. The normalized spacial score (nSPS) is 19.1. The van der Waals surface area contributed by atoms with Gasteiger partial charge in [-0.15, -0.1) is 0 Å². The Balaban J connectivity index is 1.02. The number of nitrogens with zero attached hydrogens (tertiary/aromatic N) is 6. The van der Waals surface area contributed by atoms with Crippen molar-refractivity contribution in [2.45, 2.75) is 91.3 Å². The van der Waals surface area contributed by atoms with Crippen LogP contribution in [0.3, 0.4) is 0 Å². The van der Waals surface area contributed by atoms with Crippen molar-refractivity contribution in [3.05, 3.63) is 87.0 Å². The third kappa shape index (κ3) is 7.63. The van der Waals surface area contributed by atoms with Gasteiger partial charge in [0.05, 0.1) is 28.0 Å². The molecule has 12 heteroatoms. The van der Waals surface area contributed by atoms with Gasteiger partial charge in [-0.3, -0.25) is 24.2 Å². The largest absolute Gasteiger partial charge is 0.481 e. The van der Waals surface area contributed by atoms with E-state index in [-0.39, 0.29) is 24.0 Å².